The summed E-state index contributed by atoms with van der Waals surface area (Å²) >= 11 is 0. The summed E-state index contributed by atoms with van der Waals surface area (Å²) in [6, 6.07) is 12.0. The molecule has 5 rings (SSSR count). The van der Waals surface area contributed by atoms with Gasteiger partial charge in [0.05, 0.1) is 30.8 Å². The van der Waals surface area contributed by atoms with Gasteiger partial charge in [-0.1, -0.05) is 56.3 Å². The number of esters is 1. The van der Waals surface area contributed by atoms with Crippen molar-refractivity contribution in [2.75, 3.05) is 24.7 Å². The van der Waals surface area contributed by atoms with Crippen molar-refractivity contribution < 1.29 is 29.0 Å². The van der Waals surface area contributed by atoms with E-state index in [2.05, 4.69) is 13.2 Å². The van der Waals surface area contributed by atoms with Crippen LogP contribution in [-0.4, -0.2) is 70.8 Å². The number of aliphatic hydroxyl groups is 1. The van der Waals surface area contributed by atoms with Crippen LogP contribution in [0.3, 0.4) is 0 Å². The lowest BCUT2D eigenvalue weighted by Crippen LogP contribution is -2.60. The summed E-state index contributed by atoms with van der Waals surface area (Å²) in [7, 11) is 0. The second-order valence-corrected chi connectivity index (χ2v) is 12.0. The number of fused-ring (bicyclic) bond motifs is 2. The zero-order chi connectivity index (χ0) is 29.5. The number of aliphatic hydroxyl groups excluding tert-OH is 1. The Morgan fingerprint density at radius 1 is 1.17 bits per heavy atom. The van der Waals surface area contributed by atoms with E-state index in [0.717, 1.165) is 10.8 Å². The van der Waals surface area contributed by atoms with E-state index in [-0.39, 0.29) is 37.5 Å². The van der Waals surface area contributed by atoms with E-state index in [1.165, 1.54) is 4.90 Å². The molecule has 218 valence electrons. The maximum absolute atomic E-state index is 14.8. The van der Waals surface area contributed by atoms with Crippen molar-refractivity contribution in [2.45, 2.75) is 63.3 Å². The van der Waals surface area contributed by atoms with Crippen LogP contribution in [-0.2, 0) is 23.9 Å². The summed E-state index contributed by atoms with van der Waals surface area (Å²) in [5.74, 6) is -3.05. The van der Waals surface area contributed by atoms with Crippen molar-refractivity contribution >= 4 is 34.2 Å². The van der Waals surface area contributed by atoms with Crippen LogP contribution in [0.25, 0.3) is 10.8 Å². The summed E-state index contributed by atoms with van der Waals surface area (Å²) in [6.07, 6.45) is 4.77. The molecule has 0 aromatic heterocycles. The standard InChI is InChI=1S/C33H40N2O6/c1-6-8-18-40-31(39)27-26-29(37)35(25(20-36)21(3)4)28(33(26)16-15-32(27,5)41-33)30(38)34(17-7-2)24-14-13-22-11-9-10-12-23(22)19-24/h6-7,9-14,19,21,25-28,36H,1-2,8,15-18,20H2,3-5H3/t25-,26-,27+,28?,32-,33?/m0/s1. The number of likely N-dealkylation sites (tertiary alicyclic amines) is 1. The number of carbonyl (C=O) groups excluding carboxylic acids is 3. The molecule has 1 spiro atoms. The number of benzene rings is 2. The van der Waals surface area contributed by atoms with Crippen LogP contribution in [0, 0.1) is 17.8 Å². The summed E-state index contributed by atoms with van der Waals surface area (Å²) in [4.78, 5) is 45.8. The molecule has 3 aliphatic rings. The smallest absolute Gasteiger partial charge is 0.312 e. The zero-order valence-electron chi connectivity index (χ0n) is 24.1. The van der Waals surface area contributed by atoms with Gasteiger partial charge >= 0.3 is 5.97 Å². The molecule has 8 heteroatoms. The third-order valence-corrected chi connectivity index (χ3v) is 9.20. The average Bonchev–Trinajstić information content (AvgIpc) is 3.52. The molecule has 3 fully saturated rings. The van der Waals surface area contributed by atoms with E-state index in [9.17, 15) is 19.5 Å². The van der Waals surface area contributed by atoms with Gasteiger partial charge in [-0.15, -0.1) is 13.2 Å². The molecule has 2 bridgehead atoms. The predicted octanol–water partition coefficient (Wildman–Crippen LogP) is 4.26. The Bertz CT molecular complexity index is 1370. The minimum Gasteiger partial charge on any atom is -0.465 e. The summed E-state index contributed by atoms with van der Waals surface area (Å²) in [5, 5.41) is 12.5. The van der Waals surface area contributed by atoms with E-state index in [0.29, 0.717) is 24.9 Å². The molecule has 3 aliphatic heterocycles. The van der Waals surface area contributed by atoms with Gasteiger partial charge < -0.3 is 24.4 Å². The molecule has 2 amide bonds. The molecule has 2 aromatic carbocycles. The summed E-state index contributed by atoms with van der Waals surface area (Å²) in [5.41, 5.74) is -1.48. The maximum Gasteiger partial charge on any atom is 0.312 e. The minimum atomic E-state index is -1.22. The second kappa shape index (κ2) is 11.1. The van der Waals surface area contributed by atoms with Gasteiger partial charge in [-0.25, -0.2) is 0 Å². The van der Waals surface area contributed by atoms with Gasteiger partial charge in [0.25, 0.3) is 5.91 Å². The lowest BCUT2D eigenvalue weighted by atomic mass is 9.66. The maximum atomic E-state index is 14.8. The minimum absolute atomic E-state index is 0.145. The zero-order valence-corrected chi connectivity index (χ0v) is 24.1. The Labute approximate surface area is 241 Å². The molecule has 41 heavy (non-hydrogen) atoms. The van der Waals surface area contributed by atoms with Crippen molar-refractivity contribution in [3.63, 3.8) is 0 Å². The molecular formula is C33H40N2O6. The van der Waals surface area contributed by atoms with Crippen LogP contribution in [0.1, 0.15) is 40.0 Å². The van der Waals surface area contributed by atoms with Gasteiger partial charge in [0.1, 0.15) is 17.6 Å². The highest BCUT2D eigenvalue weighted by atomic mass is 16.6. The van der Waals surface area contributed by atoms with E-state index in [1.807, 2.05) is 63.2 Å². The van der Waals surface area contributed by atoms with E-state index < -0.39 is 41.1 Å². The highest BCUT2D eigenvalue weighted by molar-refractivity contribution is 6.05. The fraction of sp³-hybridized carbons (Fsp3) is 0.485. The number of hydrogen-bond donors (Lipinski definition) is 1. The number of hydrogen-bond acceptors (Lipinski definition) is 6. The average molecular weight is 561 g/mol. The van der Waals surface area contributed by atoms with Gasteiger partial charge in [-0.3, -0.25) is 14.4 Å². The molecule has 3 heterocycles. The first-order valence-corrected chi connectivity index (χ1v) is 14.5. The van der Waals surface area contributed by atoms with Crippen LogP contribution in [0.15, 0.2) is 67.8 Å². The molecule has 3 saturated heterocycles. The summed E-state index contributed by atoms with van der Waals surface area (Å²) < 4.78 is 12.3. The molecule has 2 aromatic rings. The number of amides is 2. The topological polar surface area (TPSA) is 96.4 Å². The van der Waals surface area contributed by atoms with Crippen LogP contribution in [0.5, 0.6) is 0 Å². The normalized spacial score (nSPS) is 29.0. The Hall–Kier alpha value is -3.49. The molecule has 8 nitrogen and oxygen atoms in total. The number of carbonyl (C=O) groups is 3. The van der Waals surface area contributed by atoms with Gasteiger partial charge in [0.15, 0.2) is 0 Å². The van der Waals surface area contributed by atoms with Crippen molar-refractivity contribution in [2.24, 2.45) is 17.8 Å². The van der Waals surface area contributed by atoms with Gasteiger partial charge in [-0.05, 0) is 55.0 Å². The van der Waals surface area contributed by atoms with E-state index >= 15 is 0 Å². The van der Waals surface area contributed by atoms with Crippen molar-refractivity contribution in [1.82, 2.24) is 4.90 Å². The van der Waals surface area contributed by atoms with Crippen LogP contribution in [0.2, 0.25) is 0 Å². The van der Waals surface area contributed by atoms with Crippen molar-refractivity contribution in [3.05, 3.63) is 67.8 Å². The number of rotatable bonds is 11. The molecule has 0 aliphatic carbocycles. The third-order valence-electron chi connectivity index (χ3n) is 9.20. The molecular weight excluding hydrogens is 520 g/mol. The van der Waals surface area contributed by atoms with Gasteiger partial charge in [-0.2, -0.15) is 0 Å². The first kappa shape index (κ1) is 29.0. The summed E-state index contributed by atoms with van der Waals surface area (Å²) in [6.45, 7) is 13.3. The van der Waals surface area contributed by atoms with E-state index in [4.69, 9.17) is 9.47 Å². The quantitative estimate of drug-likeness (QED) is 0.251. The first-order chi connectivity index (χ1) is 19.6. The molecule has 6 atom stereocenters. The molecule has 2 unspecified atom stereocenters. The first-order valence-electron chi connectivity index (χ1n) is 14.5. The highest BCUT2D eigenvalue weighted by Gasteiger charge is 2.79. The Morgan fingerprint density at radius 3 is 2.56 bits per heavy atom. The van der Waals surface area contributed by atoms with Crippen LogP contribution < -0.4 is 4.90 Å². The van der Waals surface area contributed by atoms with Crippen molar-refractivity contribution in [3.8, 4) is 0 Å². The number of ether oxygens (including phenoxy) is 2. The monoisotopic (exact) mass is 560 g/mol. The van der Waals surface area contributed by atoms with Crippen molar-refractivity contribution in [1.29, 1.82) is 0 Å². The lowest BCUT2D eigenvalue weighted by Gasteiger charge is -2.40. The Morgan fingerprint density at radius 2 is 1.90 bits per heavy atom. The van der Waals surface area contributed by atoms with E-state index in [1.54, 1.807) is 17.1 Å². The largest absolute Gasteiger partial charge is 0.465 e. The van der Waals surface area contributed by atoms with Gasteiger partial charge in [0.2, 0.25) is 5.91 Å². The highest BCUT2D eigenvalue weighted by Crippen LogP contribution is 2.64. The fourth-order valence-electron chi connectivity index (χ4n) is 7.25. The van der Waals surface area contributed by atoms with Crippen LogP contribution >= 0.6 is 0 Å². The molecule has 0 radical (unpaired) electrons. The number of anilines is 1. The Kier molecular flexibility index (Phi) is 7.83. The fourth-order valence-corrected chi connectivity index (χ4v) is 7.25. The second-order valence-electron chi connectivity index (χ2n) is 12.0. The lowest BCUT2D eigenvalue weighted by molar-refractivity contribution is -0.160. The SMILES string of the molecule is C=CCCOC(=O)[C@H]1[C@H]2C(=O)N([C@@H](CO)C(C)C)C(C(=O)N(CC=C)c3ccc4ccccc4c3)C23CC[C@]1(C)O3. The predicted molar refractivity (Wildman–Crippen MR) is 157 cm³/mol. The number of nitrogens with zero attached hydrogens (tertiary/aromatic N) is 2. The van der Waals surface area contributed by atoms with Crippen LogP contribution in [0.4, 0.5) is 5.69 Å². The molecule has 1 N–H and O–H groups in total. The van der Waals surface area contributed by atoms with Gasteiger partial charge in [0, 0.05) is 12.2 Å². The molecule has 0 saturated carbocycles. The Balaban J connectivity index is 1.61. The third kappa shape index (κ3) is 4.57.